The van der Waals surface area contributed by atoms with Gasteiger partial charge in [0.1, 0.15) is 0 Å². The summed E-state index contributed by atoms with van der Waals surface area (Å²) in [6.07, 6.45) is 8.94. The van der Waals surface area contributed by atoms with Crippen molar-refractivity contribution in [2.24, 2.45) is 11.7 Å². The van der Waals surface area contributed by atoms with E-state index in [1.807, 2.05) is 62.4 Å². The van der Waals surface area contributed by atoms with Gasteiger partial charge in [0.25, 0.3) is 0 Å². The molecule has 0 amide bonds. The van der Waals surface area contributed by atoms with Crippen LogP contribution in [0.25, 0.3) is 0 Å². The lowest BCUT2D eigenvalue weighted by Crippen LogP contribution is -2.28. The number of nitrogens with one attached hydrogen (secondary N) is 2. The molecule has 2 aliphatic rings. The maximum atomic E-state index is 11.7. The summed E-state index contributed by atoms with van der Waals surface area (Å²) in [7, 11) is 3.43. The third-order valence-electron chi connectivity index (χ3n) is 6.43. The van der Waals surface area contributed by atoms with Crippen molar-refractivity contribution in [2.75, 3.05) is 73.4 Å². The molecule has 11 heteroatoms. The van der Waals surface area contributed by atoms with E-state index in [4.69, 9.17) is 33.2 Å². The minimum atomic E-state index is -0.0802. The van der Waals surface area contributed by atoms with E-state index >= 15 is 0 Å². The molecule has 0 aromatic rings. The Hall–Kier alpha value is -0.890. The lowest BCUT2D eigenvalue weighted by Gasteiger charge is -2.20. The molecule has 2 rings (SSSR count). The van der Waals surface area contributed by atoms with Gasteiger partial charge in [-0.2, -0.15) is 0 Å². The van der Waals surface area contributed by atoms with Crippen molar-refractivity contribution in [1.29, 1.82) is 0 Å². The van der Waals surface area contributed by atoms with Gasteiger partial charge in [0, 0.05) is 58.3 Å². The molecule has 288 valence electrons. The van der Waals surface area contributed by atoms with Crippen molar-refractivity contribution in [1.82, 2.24) is 10.6 Å². The molecule has 0 aromatic carbocycles. The molecule has 1 aliphatic heterocycles. The van der Waals surface area contributed by atoms with Crippen LogP contribution < -0.4 is 16.4 Å². The molecule has 11 nitrogen and oxygen atoms in total. The second kappa shape index (κ2) is 45.1. The maximum absolute atomic E-state index is 11.7. The van der Waals surface area contributed by atoms with Crippen LogP contribution in [0, 0.1) is 5.92 Å². The van der Waals surface area contributed by atoms with E-state index in [-0.39, 0.29) is 30.8 Å². The van der Waals surface area contributed by atoms with Crippen LogP contribution in [-0.2, 0) is 38.0 Å². The van der Waals surface area contributed by atoms with Crippen LogP contribution in [0.4, 0.5) is 0 Å². The van der Waals surface area contributed by atoms with Crippen LogP contribution in [0.3, 0.4) is 0 Å². The Morgan fingerprint density at radius 1 is 0.766 bits per heavy atom. The number of rotatable bonds is 20. The fraction of sp³-hybridized carbons (Fsp3) is 0.972. The molecule has 0 aromatic heterocycles. The Bertz CT molecular complexity index is 552. The summed E-state index contributed by atoms with van der Waals surface area (Å²) in [4.78, 5) is 11.7. The molecule has 1 saturated heterocycles. The number of hydrogen-bond donors (Lipinski definition) is 3. The number of hydrogen-bond acceptors (Lipinski definition) is 11. The number of nitrogens with two attached hydrogens (primary N) is 1. The smallest absolute Gasteiger partial charge is 0.308 e. The summed E-state index contributed by atoms with van der Waals surface area (Å²) in [5, 5.41) is 6.39. The SMILES string of the molecule is CC.CC.CCOC(CCNC(C)C)OCC.CCOC(CCNC)OCC.CN.O=C(OCCCC1OCCO1)C1CCCCC1. The fourth-order valence-corrected chi connectivity index (χ4v) is 4.38. The van der Waals surface area contributed by atoms with Gasteiger partial charge in [-0.05, 0) is 67.6 Å². The van der Waals surface area contributed by atoms with Gasteiger partial charge in [-0.3, -0.25) is 4.79 Å². The summed E-state index contributed by atoms with van der Waals surface area (Å²) in [6.45, 7) is 26.8. The molecular formula is C36H81N3O8. The maximum Gasteiger partial charge on any atom is 0.308 e. The molecule has 2 fully saturated rings. The Balaban J connectivity index is -0.000000279. The Morgan fingerprint density at radius 3 is 1.62 bits per heavy atom. The third kappa shape index (κ3) is 37.8. The van der Waals surface area contributed by atoms with Gasteiger partial charge in [-0.15, -0.1) is 0 Å². The first kappa shape index (κ1) is 52.9. The van der Waals surface area contributed by atoms with Gasteiger partial charge in [0.05, 0.1) is 25.7 Å². The topological polar surface area (TPSA) is 132 Å². The van der Waals surface area contributed by atoms with Crippen molar-refractivity contribution in [2.45, 2.75) is 152 Å². The molecule has 0 bridgehead atoms. The van der Waals surface area contributed by atoms with Gasteiger partial charge in [0.2, 0.25) is 0 Å². The van der Waals surface area contributed by atoms with Gasteiger partial charge >= 0.3 is 5.97 Å². The van der Waals surface area contributed by atoms with Crippen LogP contribution >= 0.6 is 0 Å². The highest BCUT2D eigenvalue weighted by Crippen LogP contribution is 2.24. The second-order valence-electron chi connectivity index (χ2n) is 10.3. The van der Waals surface area contributed by atoms with E-state index in [0.717, 1.165) is 51.6 Å². The Morgan fingerprint density at radius 2 is 1.21 bits per heavy atom. The average Bonchev–Trinajstić information content (AvgIpc) is 3.63. The summed E-state index contributed by atoms with van der Waals surface area (Å²) < 4.78 is 37.4. The summed E-state index contributed by atoms with van der Waals surface area (Å²) in [6, 6.07) is 0.531. The first-order valence-corrected chi connectivity index (χ1v) is 18.7. The zero-order valence-corrected chi connectivity index (χ0v) is 33.0. The highest BCUT2D eigenvalue weighted by Gasteiger charge is 2.22. The van der Waals surface area contributed by atoms with Crippen molar-refractivity contribution < 1.29 is 38.0 Å². The monoisotopic (exact) mass is 684 g/mol. The number of carbonyl (C=O) groups is 1. The molecule has 47 heavy (non-hydrogen) atoms. The van der Waals surface area contributed by atoms with Crippen molar-refractivity contribution in [3.8, 4) is 0 Å². The van der Waals surface area contributed by atoms with Crippen LogP contribution in [0.15, 0.2) is 0 Å². The fourth-order valence-electron chi connectivity index (χ4n) is 4.38. The Labute approximate surface area is 291 Å². The zero-order valence-electron chi connectivity index (χ0n) is 33.0. The molecular weight excluding hydrogens is 602 g/mol. The number of ether oxygens (including phenoxy) is 7. The lowest BCUT2D eigenvalue weighted by molar-refractivity contribution is -0.150. The van der Waals surface area contributed by atoms with Crippen LogP contribution in [-0.4, -0.2) is 104 Å². The molecule has 0 atom stereocenters. The second-order valence-corrected chi connectivity index (χ2v) is 10.3. The van der Waals surface area contributed by atoms with Gasteiger partial charge in [-0.25, -0.2) is 0 Å². The quantitative estimate of drug-likeness (QED) is 0.0723. The van der Waals surface area contributed by atoms with Crippen LogP contribution in [0.2, 0.25) is 0 Å². The largest absolute Gasteiger partial charge is 0.465 e. The molecule has 0 unspecified atom stereocenters. The minimum Gasteiger partial charge on any atom is -0.465 e. The third-order valence-corrected chi connectivity index (χ3v) is 6.43. The molecule has 0 spiro atoms. The lowest BCUT2D eigenvalue weighted by atomic mass is 9.89. The first-order valence-electron chi connectivity index (χ1n) is 18.7. The van der Waals surface area contributed by atoms with E-state index in [0.29, 0.717) is 52.3 Å². The highest BCUT2D eigenvalue weighted by atomic mass is 16.7. The van der Waals surface area contributed by atoms with E-state index < -0.39 is 0 Å². The highest BCUT2D eigenvalue weighted by molar-refractivity contribution is 5.72. The molecule has 1 heterocycles. The number of carbonyl (C=O) groups excluding carboxylic acids is 1. The summed E-state index contributed by atoms with van der Waals surface area (Å²) >= 11 is 0. The van der Waals surface area contributed by atoms with Gasteiger partial charge in [0.15, 0.2) is 18.9 Å². The zero-order chi connectivity index (χ0) is 36.6. The van der Waals surface area contributed by atoms with Gasteiger partial charge in [-0.1, -0.05) is 60.8 Å². The van der Waals surface area contributed by atoms with E-state index in [9.17, 15) is 4.79 Å². The predicted molar refractivity (Wildman–Crippen MR) is 196 cm³/mol. The first-order chi connectivity index (χ1) is 22.9. The molecule has 1 saturated carbocycles. The molecule has 0 radical (unpaired) electrons. The summed E-state index contributed by atoms with van der Waals surface area (Å²) in [5.41, 5.74) is 4.50. The van der Waals surface area contributed by atoms with Gasteiger partial charge < -0.3 is 49.5 Å². The van der Waals surface area contributed by atoms with Crippen molar-refractivity contribution >= 4 is 5.97 Å². The molecule has 4 N–H and O–H groups in total. The normalized spacial score (nSPS) is 14.4. The summed E-state index contributed by atoms with van der Waals surface area (Å²) in [5.74, 6) is 0.153. The van der Waals surface area contributed by atoms with Crippen molar-refractivity contribution in [3.05, 3.63) is 0 Å². The average molecular weight is 684 g/mol. The number of esters is 1. The predicted octanol–water partition coefficient (Wildman–Crippen LogP) is 6.66. The standard InChI is InChI=1S/C13H22O4.C10H23NO2.C8H19NO2.2C2H6.CH5N/c14-13(11-5-2-1-3-6-11)17-8-4-7-12-15-9-10-16-12;1-5-12-10(13-6-2)7-8-11-9(3)4;1-4-10-8(11-5-2)6-7-9-3;3*1-2/h11-12H,1-10H2;9-11H,5-8H2,1-4H3;8-9H,4-7H2,1-3H3;2*1-2H3;2H2,1H3. The van der Waals surface area contributed by atoms with Crippen LogP contribution in [0.5, 0.6) is 0 Å². The van der Waals surface area contributed by atoms with E-state index in [2.05, 4.69) is 30.2 Å². The van der Waals surface area contributed by atoms with Crippen molar-refractivity contribution in [3.63, 3.8) is 0 Å². The van der Waals surface area contributed by atoms with E-state index in [1.54, 1.807) is 0 Å². The Kier molecular flexibility index (Phi) is 50.8. The van der Waals surface area contributed by atoms with E-state index in [1.165, 1.54) is 26.3 Å². The van der Waals surface area contributed by atoms with Crippen LogP contribution in [0.1, 0.15) is 127 Å². The molecule has 1 aliphatic carbocycles. The minimum absolute atomic E-state index is 0.00189.